The zero-order valence-electron chi connectivity index (χ0n) is 9.88. The van der Waals surface area contributed by atoms with Crippen molar-refractivity contribution in [3.63, 3.8) is 0 Å². The van der Waals surface area contributed by atoms with Gasteiger partial charge in [-0.15, -0.1) is 0 Å². The molecule has 98 valence electrons. The van der Waals surface area contributed by atoms with Gasteiger partial charge in [-0.05, 0) is 47.1 Å². The number of carbonyl (C=O) groups is 1. The summed E-state index contributed by atoms with van der Waals surface area (Å²) in [6.07, 6.45) is 0. The molecule has 1 aromatic carbocycles. The SMILES string of the molecule is Cc1nc(NC(=O)c2ccc(F)cc2F)ccc1Br. The van der Waals surface area contributed by atoms with Gasteiger partial charge < -0.3 is 5.32 Å². The maximum Gasteiger partial charge on any atom is 0.259 e. The molecule has 0 spiro atoms. The third-order valence-electron chi connectivity index (χ3n) is 2.44. The average molecular weight is 327 g/mol. The molecule has 1 N–H and O–H groups in total. The fourth-order valence-electron chi connectivity index (χ4n) is 1.47. The first-order valence-corrected chi connectivity index (χ1v) is 6.16. The molecule has 1 aromatic heterocycles. The number of hydrogen-bond acceptors (Lipinski definition) is 2. The Morgan fingerprint density at radius 3 is 2.63 bits per heavy atom. The van der Waals surface area contributed by atoms with E-state index in [1.165, 1.54) is 0 Å². The van der Waals surface area contributed by atoms with Crippen LogP contribution in [-0.4, -0.2) is 10.9 Å². The van der Waals surface area contributed by atoms with E-state index in [-0.39, 0.29) is 5.56 Å². The molecule has 0 radical (unpaired) electrons. The molecule has 0 fully saturated rings. The first-order valence-electron chi connectivity index (χ1n) is 5.37. The van der Waals surface area contributed by atoms with Crippen LogP contribution in [0.1, 0.15) is 16.1 Å². The van der Waals surface area contributed by atoms with Crippen LogP contribution in [0.5, 0.6) is 0 Å². The molecule has 0 aliphatic rings. The van der Waals surface area contributed by atoms with E-state index in [9.17, 15) is 13.6 Å². The maximum absolute atomic E-state index is 13.4. The van der Waals surface area contributed by atoms with Crippen LogP contribution in [0.3, 0.4) is 0 Å². The van der Waals surface area contributed by atoms with Gasteiger partial charge >= 0.3 is 0 Å². The van der Waals surface area contributed by atoms with E-state index in [0.29, 0.717) is 17.6 Å². The van der Waals surface area contributed by atoms with E-state index < -0.39 is 17.5 Å². The topological polar surface area (TPSA) is 42.0 Å². The Bertz CT molecular complexity index is 647. The predicted molar refractivity (Wildman–Crippen MR) is 71.0 cm³/mol. The fraction of sp³-hybridized carbons (Fsp3) is 0.0769. The molecule has 19 heavy (non-hydrogen) atoms. The Labute approximate surface area is 116 Å². The minimum Gasteiger partial charge on any atom is -0.306 e. The second kappa shape index (κ2) is 5.44. The number of pyridine rings is 1. The molecule has 1 heterocycles. The monoisotopic (exact) mass is 326 g/mol. The molecular formula is C13H9BrF2N2O. The van der Waals surface area contributed by atoms with Crippen molar-refractivity contribution in [1.29, 1.82) is 0 Å². The number of amides is 1. The molecule has 0 aliphatic carbocycles. The molecule has 0 atom stereocenters. The molecular weight excluding hydrogens is 318 g/mol. The van der Waals surface area contributed by atoms with Crippen LogP contribution in [0.4, 0.5) is 14.6 Å². The summed E-state index contributed by atoms with van der Waals surface area (Å²) in [6.45, 7) is 1.76. The van der Waals surface area contributed by atoms with Gasteiger partial charge in [-0.2, -0.15) is 0 Å². The second-order valence-electron chi connectivity index (χ2n) is 3.84. The number of nitrogens with zero attached hydrogens (tertiary/aromatic N) is 1. The van der Waals surface area contributed by atoms with Gasteiger partial charge in [-0.25, -0.2) is 13.8 Å². The summed E-state index contributed by atoms with van der Waals surface area (Å²) in [7, 11) is 0. The van der Waals surface area contributed by atoms with Gasteiger partial charge in [0.25, 0.3) is 5.91 Å². The second-order valence-corrected chi connectivity index (χ2v) is 4.70. The Kier molecular flexibility index (Phi) is 3.90. The highest BCUT2D eigenvalue weighted by atomic mass is 79.9. The lowest BCUT2D eigenvalue weighted by Gasteiger charge is -2.07. The lowest BCUT2D eigenvalue weighted by molar-refractivity contribution is 0.102. The van der Waals surface area contributed by atoms with E-state index in [1.54, 1.807) is 19.1 Å². The Balaban J connectivity index is 2.23. The zero-order chi connectivity index (χ0) is 14.0. The van der Waals surface area contributed by atoms with Gasteiger partial charge in [-0.3, -0.25) is 4.79 Å². The highest BCUT2D eigenvalue weighted by molar-refractivity contribution is 9.10. The van der Waals surface area contributed by atoms with E-state index in [0.717, 1.165) is 16.6 Å². The van der Waals surface area contributed by atoms with Gasteiger partial charge in [0.15, 0.2) is 0 Å². The standard InChI is InChI=1S/C13H9BrF2N2O/c1-7-10(14)4-5-12(17-7)18-13(19)9-3-2-8(15)6-11(9)16/h2-6H,1H3,(H,17,18,19). The van der Waals surface area contributed by atoms with Crippen molar-refractivity contribution in [1.82, 2.24) is 4.98 Å². The summed E-state index contributed by atoms with van der Waals surface area (Å²) in [4.78, 5) is 15.9. The molecule has 6 heteroatoms. The van der Waals surface area contributed by atoms with Crippen molar-refractivity contribution in [2.75, 3.05) is 5.32 Å². The highest BCUT2D eigenvalue weighted by Crippen LogP contribution is 2.17. The molecule has 0 saturated carbocycles. The Hall–Kier alpha value is -1.82. The van der Waals surface area contributed by atoms with Crippen LogP contribution in [0.25, 0.3) is 0 Å². The number of rotatable bonds is 2. The number of nitrogens with one attached hydrogen (secondary N) is 1. The minimum absolute atomic E-state index is 0.233. The molecule has 2 aromatic rings. The van der Waals surface area contributed by atoms with E-state index in [4.69, 9.17) is 0 Å². The van der Waals surface area contributed by atoms with Crippen molar-refractivity contribution in [2.45, 2.75) is 6.92 Å². The zero-order valence-corrected chi connectivity index (χ0v) is 11.5. The largest absolute Gasteiger partial charge is 0.306 e. The molecule has 3 nitrogen and oxygen atoms in total. The number of carbonyl (C=O) groups excluding carboxylic acids is 1. The summed E-state index contributed by atoms with van der Waals surface area (Å²) in [5.74, 6) is -2.01. The normalized spacial score (nSPS) is 10.3. The van der Waals surface area contributed by atoms with Gasteiger partial charge in [0.2, 0.25) is 0 Å². The Morgan fingerprint density at radius 2 is 2.00 bits per heavy atom. The Morgan fingerprint density at radius 1 is 1.26 bits per heavy atom. The third kappa shape index (κ3) is 3.14. The molecule has 0 saturated heterocycles. The number of anilines is 1. The number of halogens is 3. The molecule has 2 rings (SSSR count). The third-order valence-corrected chi connectivity index (χ3v) is 3.28. The molecule has 0 bridgehead atoms. The summed E-state index contributed by atoms with van der Waals surface area (Å²) in [6, 6.07) is 6.08. The number of hydrogen-bond donors (Lipinski definition) is 1. The van der Waals surface area contributed by atoms with Crippen LogP contribution < -0.4 is 5.32 Å². The lowest BCUT2D eigenvalue weighted by atomic mass is 10.2. The highest BCUT2D eigenvalue weighted by Gasteiger charge is 2.13. The first kappa shape index (κ1) is 13.6. The first-order chi connectivity index (χ1) is 8.97. The molecule has 0 unspecified atom stereocenters. The predicted octanol–water partition coefficient (Wildman–Crippen LogP) is 3.68. The van der Waals surface area contributed by atoms with Gasteiger partial charge in [0.1, 0.15) is 17.5 Å². The quantitative estimate of drug-likeness (QED) is 0.914. The van der Waals surface area contributed by atoms with Crippen molar-refractivity contribution < 1.29 is 13.6 Å². The summed E-state index contributed by atoms with van der Waals surface area (Å²) >= 11 is 3.28. The number of aryl methyl sites for hydroxylation is 1. The smallest absolute Gasteiger partial charge is 0.259 e. The summed E-state index contributed by atoms with van der Waals surface area (Å²) in [5, 5.41) is 2.45. The van der Waals surface area contributed by atoms with Crippen molar-refractivity contribution >= 4 is 27.7 Å². The summed E-state index contributed by atoms with van der Waals surface area (Å²) < 4.78 is 27.0. The van der Waals surface area contributed by atoms with Crippen molar-refractivity contribution in [3.05, 3.63) is 57.7 Å². The average Bonchev–Trinajstić information content (AvgIpc) is 2.33. The van der Waals surface area contributed by atoms with Gasteiger partial charge in [-0.1, -0.05) is 0 Å². The van der Waals surface area contributed by atoms with Crippen LogP contribution >= 0.6 is 15.9 Å². The van der Waals surface area contributed by atoms with E-state index in [1.807, 2.05) is 0 Å². The van der Waals surface area contributed by atoms with Gasteiger partial charge in [0, 0.05) is 10.5 Å². The van der Waals surface area contributed by atoms with Crippen molar-refractivity contribution in [3.8, 4) is 0 Å². The molecule has 0 aliphatic heterocycles. The van der Waals surface area contributed by atoms with Gasteiger partial charge in [0.05, 0.1) is 11.3 Å². The van der Waals surface area contributed by atoms with E-state index >= 15 is 0 Å². The summed E-state index contributed by atoms with van der Waals surface area (Å²) in [5.41, 5.74) is 0.459. The fourth-order valence-corrected chi connectivity index (χ4v) is 1.69. The number of benzene rings is 1. The molecule has 1 amide bonds. The van der Waals surface area contributed by atoms with Crippen LogP contribution in [0.2, 0.25) is 0 Å². The van der Waals surface area contributed by atoms with Crippen LogP contribution in [0, 0.1) is 18.6 Å². The minimum atomic E-state index is -0.911. The van der Waals surface area contributed by atoms with Crippen molar-refractivity contribution in [2.24, 2.45) is 0 Å². The lowest BCUT2D eigenvalue weighted by Crippen LogP contribution is -2.15. The maximum atomic E-state index is 13.4. The van der Waals surface area contributed by atoms with E-state index in [2.05, 4.69) is 26.2 Å². The van der Waals surface area contributed by atoms with Crippen LogP contribution in [-0.2, 0) is 0 Å². The van der Waals surface area contributed by atoms with Crippen LogP contribution in [0.15, 0.2) is 34.8 Å². The number of aromatic nitrogens is 1.